The lowest BCUT2D eigenvalue weighted by molar-refractivity contribution is -0.137. The first-order valence-corrected chi connectivity index (χ1v) is 9.09. The maximum atomic E-state index is 14.0. The Morgan fingerprint density at radius 3 is 2.30 bits per heavy atom. The van der Waals surface area contributed by atoms with Crippen LogP contribution < -0.4 is 4.74 Å². The summed E-state index contributed by atoms with van der Waals surface area (Å²) in [7, 11) is 0. The first-order chi connectivity index (χ1) is 14.4. The highest BCUT2D eigenvalue weighted by Crippen LogP contribution is 2.40. The zero-order chi connectivity index (χ0) is 21.1. The largest absolute Gasteiger partial charge is 0.489 e. The van der Waals surface area contributed by atoms with E-state index in [4.69, 9.17) is 4.74 Å². The van der Waals surface area contributed by atoms with E-state index in [1.165, 1.54) is 30.3 Å². The molecule has 7 heteroatoms. The van der Waals surface area contributed by atoms with Gasteiger partial charge >= 0.3 is 6.18 Å². The lowest BCUT2D eigenvalue weighted by Gasteiger charge is -2.16. The number of halogens is 4. The van der Waals surface area contributed by atoms with Gasteiger partial charge < -0.3 is 4.74 Å². The minimum absolute atomic E-state index is 0.0568. The van der Waals surface area contributed by atoms with E-state index in [2.05, 4.69) is 10.2 Å². The van der Waals surface area contributed by atoms with Crippen LogP contribution in [0.2, 0.25) is 0 Å². The van der Waals surface area contributed by atoms with Crippen molar-refractivity contribution in [2.24, 2.45) is 0 Å². The van der Waals surface area contributed by atoms with Crippen LogP contribution >= 0.6 is 0 Å². The number of hydrogen-bond donors (Lipinski definition) is 1. The van der Waals surface area contributed by atoms with Crippen LogP contribution in [0.3, 0.4) is 0 Å². The number of aromatic nitrogens is 2. The number of nitrogens with zero attached hydrogens (tertiary/aromatic N) is 1. The van der Waals surface area contributed by atoms with Crippen molar-refractivity contribution in [2.75, 3.05) is 0 Å². The topological polar surface area (TPSA) is 37.9 Å². The molecule has 30 heavy (non-hydrogen) atoms. The molecule has 0 atom stereocenters. The van der Waals surface area contributed by atoms with Crippen LogP contribution in [0.15, 0.2) is 79.1 Å². The van der Waals surface area contributed by atoms with Crippen LogP contribution in [-0.2, 0) is 12.8 Å². The molecule has 4 aromatic rings. The lowest BCUT2D eigenvalue weighted by Crippen LogP contribution is -2.08. The highest BCUT2D eigenvalue weighted by molar-refractivity contribution is 5.69. The van der Waals surface area contributed by atoms with Gasteiger partial charge in [-0.2, -0.15) is 18.3 Å². The summed E-state index contributed by atoms with van der Waals surface area (Å²) in [5, 5.41) is 6.63. The van der Waals surface area contributed by atoms with E-state index in [0.29, 0.717) is 0 Å². The number of benzene rings is 3. The smallest absolute Gasteiger partial charge is 0.417 e. The van der Waals surface area contributed by atoms with Crippen molar-refractivity contribution in [3.63, 3.8) is 0 Å². The summed E-state index contributed by atoms with van der Waals surface area (Å²) in [6.07, 6.45) is -1.19. The molecule has 4 rings (SSSR count). The molecular formula is C23H16F4N2O. The number of hydrogen-bond acceptors (Lipinski definition) is 2. The third kappa shape index (κ3) is 4.20. The van der Waals surface area contributed by atoms with Gasteiger partial charge in [0.1, 0.15) is 18.2 Å². The summed E-state index contributed by atoms with van der Waals surface area (Å²) >= 11 is 0. The van der Waals surface area contributed by atoms with Gasteiger partial charge in [-0.3, -0.25) is 5.10 Å². The summed E-state index contributed by atoms with van der Waals surface area (Å²) < 4.78 is 60.4. The van der Waals surface area contributed by atoms with Crippen LogP contribution in [0.5, 0.6) is 5.75 Å². The fourth-order valence-electron chi connectivity index (χ4n) is 3.13. The minimum atomic E-state index is -4.65. The average molecular weight is 412 g/mol. The predicted molar refractivity (Wildman–Crippen MR) is 105 cm³/mol. The number of ether oxygens (including phenoxy) is 1. The summed E-state index contributed by atoms with van der Waals surface area (Å²) in [6.45, 7) is 0.0992. The van der Waals surface area contributed by atoms with Gasteiger partial charge in [0.05, 0.1) is 11.8 Å². The maximum Gasteiger partial charge on any atom is 0.417 e. The highest BCUT2D eigenvalue weighted by atomic mass is 19.4. The molecule has 0 radical (unpaired) electrons. The molecular weight excluding hydrogens is 396 g/mol. The van der Waals surface area contributed by atoms with Gasteiger partial charge in [-0.25, -0.2) is 4.39 Å². The maximum absolute atomic E-state index is 14.0. The Morgan fingerprint density at radius 2 is 1.63 bits per heavy atom. The van der Waals surface area contributed by atoms with Crippen molar-refractivity contribution in [3.8, 4) is 28.0 Å². The molecule has 0 aliphatic heterocycles. The van der Waals surface area contributed by atoms with Crippen molar-refractivity contribution in [1.29, 1.82) is 0 Å². The van der Waals surface area contributed by atoms with Gasteiger partial charge in [-0.05, 0) is 41.0 Å². The Hall–Kier alpha value is -3.61. The quantitative estimate of drug-likeness (QED) is 0.381. The van der Waals surface area contributed by atoms with E-state index in [-0.39, 0.29) is 23.5 Å². The van der Waals surface area contributed by atoms with E-state index in [0.717, 1.165) is 28.8 Å². The molecule has 0 saturated heterocycles. The molecule has 1 aromatic heterocycles. The normalized spacial score (nSPS) is 11.5. The number of aromatic amines is 1. The molecule has 0 amide bonds. The lowest BCUT2D eigenvalue weighted by atomic mass is 9.98. The Bertz CT molecular complexity index is 1140. The Labute approximate surface area is 170 Å². The van der Waals surface area contributed by atoms with Crippen LogP contribution in [0.4, 0.5) is 17.6 Å². The first kappa shape index (κ1) is 19.7. The molecule has 3 nitrogen and oxygen atoms in total. The van der Waals surface area contributed by atoms with Gasteiger partial charge in [0.25, 0.3) is 0 Å². The number of H-pyrrole nitrogens is 1. The van der Waals surface area contributed by atoms with Gasteiger partial charge in [0, 0.05) is 17.3 Å². The van der Waals surface area contributed by atoms with Crippen molar-refractivity contribution in [3.05, 3.63) is 96.1 Å². The van der Waals surface area contributed by atoms with E-state index in [9.17, 15) is 17.6 Å². The van der Waals surface area contributed by atoms with E-state index < -0.39 is 17.6 Å². The van der Waals surface area contributed by atoms with E-state index >= 15 is 0 Å². The molecule has 0 spiro atoms. The predicted octanol–water partition coefficient (Wildman–Crippen LogP) is 6.48. The highest BCUT2D eigenvalue weighted by Gasteiger charge is 2.34. The fraction of sp³-hybridized carbons (Fsp3) is 0.0870. The molecule has 0 unspecified atom stereocenters. The van der Waals surface area contributed by atoms with Gasteiger partial charge in [0.2, 0.25) is 0 Å². The molecule has 152 valence electrons. The molecule has 0 bridgehead atoms. The Balaban J connectivity index is 1.56. The second kappa shape index (κ2) is 8.02. The Kier molecular flexibility index (Phi) is 5.27. The standard InChI is InChI=1S/C23H16F4N2O/c24-22-4-2-1-3-20(22)19-10-9-18(11-21(19)23(25,26)27)30-14-15-5-7-16(8-6-15)17-12-28-29-13-17/h1-13H,14H2,(H,28,29). The summed E-state index contributed by atoms with van der Waals surface area (Å²) in [5.41, 5.74) is 1.42. The first-order valence-electron chi connectivity index (χ1n) is 9.09. The molecule has 0 aliphatic rings. The fourth-order valence-corrected chi connectivity index (χ4v) is 3.13. The van der Waals surface area contributed by atoms with Crippen LogP contribution in [-0.4, -0.2) is 10.2 Å². The number of rotatable bonds is 5. The van der Waals surface area contributed by atoms with Crippen molar-refractivity contribution >= 4 is 0 Å². The molecule has 1 N–H and O–H groups in total. The summed E-state index contributed by atoms with van der Waals surface area (Å²) in [6, 6.07) is 16.4. The summed E-state index contributed by atoms with van der Waals surface area (Å²) in [4.78, 5) is 0. The zero-order valence-corrected chi connectivity index (χ0v) is 15.6. The zero-order valence-electron chi connectivity index (χ0n) is 15.6. The van der Waals surface area contributed by atoms with Gasteiger partial charge in [0.15, 0.2) is 0 Å². The third-order valence-corrected chi connectivity index (χ3v) is 4.65. The number of alkyl halides is 3. The minimum Gasteiger partial charge on any atom is -0.489 e. The number of nitrogens with one attached hydrogen (secondary N) is 1. The van der Waals surface area contributed by atoms with Crippen LogP contribution in [0, 0.1) is 5.82 Å². The van der Waals surface area contributed by atoms with Crippen molar-refractivity contribution < 1.29 is 22.3 Å². The average Bonchev–Trinajstić information content (AvgIpc) is 3.27. The van der Waals surface area contributed by atoms with Crippen molar-refractivity contribution in [1.82, 2.24) is 10.2 Å². The molecule has 0 fully saturated rings. The van der Waals surface area contributed by atoms with Crippen molar-refractivity contribution in [2.45, 2.75) is 12.8 Å². The van der Waals surface area contributed by atoms with Crippen LogP contribution in [0.25, 0.3) is 22.3 Å². The molecule has 1 heterocycles. The van der Waals surface area contributed by atoms with E-state index in [1.54, 1.807) is 12.4 Å². The molecule has 0 saturated carbocycles. The van der Waals surface area contributed by atoms with Crippen LogP contribution in [0.1, 0.15) is 11.1 Å². The van der Waals surface area contributed by atoms with Gasteiger partial charge in [-0.15, -0.1) is 0 Å². The van der Waals surface area contributed by atoms with Gasteiger partial charge in [-0.1, -0.05) is 42.5 Å². The van der Waals surface area contributed by atoms with E-state index in [1.807, 2.05) is 24.3 Å². The third-order valence-electron chi connectivity index (χ3n) is 4.65. The summed E-state index contributed by atoms with van der Waals surface area (Å²) in [5.74, 6) is -0.657. The molecule has 0 aliphatic carbocycles. The SMILES string of the molecule is Fc1ccccc1-c1ccc(OCc2ccc(-c3cn[nH]c3)cc2)cc1C(F)(F)F. The Morgan fingerprint density at radius 1 is 0.867 bits per heavy atom. The second-order valence-electron chi connectivity index (χ2n) is 6.66. The monoisotopic (exact) mass is 412 g/mol. The second-order valence-corrected chi connectivity index (χ2v) is 6.66. The molecule has 3 aromatic carbocycles.